The zero-order valence-corrected chi connectivity index (χ0v) is 17.2. The van der Waals surface area contributed by atoms with E-state index in [1.807, 2.05) is 39.0 Å². The number of rotatable bonds is 3. The highest BCUT2D eigenvalue weighted by Crippen LogP contribution is 2.33. The van der Waals surface area contributed by atoms with Gasteiger partial charge in [0.2, 0.25) is 0 Å². The molecule has 1 amide bonds. The molecule has 1 aliphatic heterocycles. The van der Waals surface area contributed by atoms with Crippen LogP contribution in [-0.4, -0.2) is 54.0 Å². The van der Waals surface area contributed by atoms with E-state index in [0.29, 0.717) is 24.2 Å². The average Bonchev–Trinajstić information content (AvgIpc) is 2.66. The molecule has 1 N–H and O–H groups in total. The fourth-order valence-corrected chi connectivity index (χ4v) is 3.37. The smallest absolute Gasteiger partial charge is 0.410 e. The molecule has 0 aliphatic carbocycles. The minimum Gasteiger partial charge on any atom is -0.507 e. The molecule has 0 saturated carbocycles. The molecule has 1 saturated heterocycles. The number of carbonyl (C=O) groups excluding carboxylic acids is 2. The van der Waals surface area contributed by atoms with E-state index in [1.165, 1.54) is 13.2 Å². The van der Waals surface area contributed by atoms with Crippen molar-refractivity contribution in [2.45, 2.75) is 45.3 Å². The molecule has 156 valence electrons. The first-order valence-corrected chi connectivity index (χ1v) is 9.66. The SMILES string of the molecule is COC(=O)c1cc2cccc(O[C@@H]3CCCN(C(=O)OC(C)(C)C)C3)c2cc1O. The molecule has 7 nitrogen and oxygen atoms in total. The molecular weight excluding hydrogens is 374 g/mol. The summed E-state index contributed by atoms with van der Waals surface area (Å²) in [6.45, 7) is 6.58. The molecular formula is C22H27NO6. The van der Waals surface area contributed by atoms with Crippen molar-refractivity contribution in [3.63, 3.8) is 0 Å². The van der Waals surface area contributed by atoms with Crippen molar-refractivity contribution in [3.05, 3.63) is 35.9 Å². The molecule has 3 rings (SSSR count). The van der Waals surface area contributed by atoms with Crippen LogP contribution >= 0.6 is 0 Å². The number of nitrogens with zero attached hydrogens (tertiary/aromatic N) is 1. The molecule has 0 unspecified atom stereocenters. The van der Waals surface area contributed by atoms with E-state index in [4.69, 9.17) is 14.2 Å². The van der Waals surface area contributed by atoms with Crippen molar-refractivity contribution in [3.8, 4) is 11.5 Å². The normalized spacial score (nSPS) is 17.1. The van der Waals surface area contributed by atoms with Crippen molar-refractivity contribution in [2.75, 3.05) is 20.2 Å². The number of benzene rings is 2. The Kier molecular flexibility index (Phi) is 5.86. The lowest BCUT2D eigenvalue weighted by Crippen LogP contribution is -2.46. The molecule has 0 bridgehead atoms. The molecule has 1 atom stereocenters. The summed E-state index contributed by atoms with van der Waals surface area (Å²) < 4.78 is 16.4. The third-order valence-corrected chi connectivity index (χ3v) is 4.69. The number of piperidine rings is 1. The zero-order chi connectivity index (χ0) is 21.2. The zero-order valence-electron chi connectivity index (χ0n) is 17.2. The van der Waals surface area contributed by atoms with Crippen LogP contribution in [0.2, 0.25) is 0 Å². The number of hydrogen-bond acceptors (Lipinski definition) is 6. The number of esters is 1. The van der Waals surface area contributed by atoms with Gasteiger partial charge in [0.1, 0.15) is 28.8 Å². The molecule has 0 radical (unpaired) electrons. The summed E-state index contributed by atoms with van der Waals surface area (Å²) in [5.74, 6) is -0.180. The number of phenols is 1. The largest absolute Gasteiger partial charge is 0.507 e. The maximum atomic E-state index is 12.4. The number of amides is 1. The number of carbonyl (C=O) groups is 2. The van der Waals surface area contributed by atoms with Crippen LogP contribution in [0, 0.1) is 0 Å². The maximum Gasteiger partial charge on any atom is 0.410 e. The lowest BCUT2D eigenvalue weighted by atomic mass is 10.0. The third kappa shape index (κ3) is 4.91. The summed E-state index contributed by atoms with van der Waals surface area (Å²) in [5, 5.41) is 11.7. The minimum absolute atomic E-state index is 0.103. The molecule has 0 spiro atoms. The summed E-state index contributed by atoms with van der Waals surface area (Å²) in [6, 6.07) is 8.56. The predicted molar refractivity (Wildman–Crippen MR) is 108 cm³/mol. The van der Waals surface area contributed by atoms with E-state index in [2.05, 4.69) is 0 Å². The monoisotopic (exact) mass is 401 g/mol. The van der Waals surface area contributed by atoms with Gasteiger partial charge in [-0.1, -0.05) is 12.1 Å². The fraction of sp³-hybridized carbons (Fsp3) is 0.455. The summed E-state index contributed by atoms with van der Waals surface area (Å²) >= 11 is 0. The molecule has 2 aromatic rings. The standard InChI is InChI=1S/C22H27NO6/c1-22(2,3)29-21(26)23-10-6-8-15(13-23)28-19-9-5-7-14-11-17(20(25)27-4)18(24)12-16(14)19/h5,7,9,11-12,15,24H,6,8,10,13H2,1-4H3/t15-/m1/s1. The Morgan fingerprint density at radius 3 is 2.66 bits per heavy atom. The van der Waals surface area contributed by atoms with E-state index in [0.717, 1.165) is 18.2 Å². The second-order valence-electron chi connectivity index (χ2n) is 8.15. The number of phenolic OH excluding ortho intramolecular Hbond substituents is 1. The van der Waals surface area contributed by atoms with Gasteiger partial charge in [0.05, 0.1) is 13.7 Å². The number of fused-ring (bicyclic) bond motifs is 1. The number of likely N-dealkylation sites (tertiary alicyclic amines) is 1. The van der Waals surface area contributed by atoms with Gasteiger partial charge in [0, 0.05) is 11.9 Å². The molecule has 1 heterocycles. The Bertz CT molecular complexity index is 917. The van der Waals surface area contributed by atoms with Gasteiger partial charge >= 0.3 is 12.1 Å². The molecule has 1 fully saturated rings. The van der Waals surface area contributed by atoms with Crippen LogP contribution in [0.4, 0.5) is 4.79 Å². The van der Waals surface area contributed by atoms with Crippen molar-refractivity contribution in [2.24, 2.45) is 0 Å². The topological polar surface area (TPSA) is 85.3 Å². The van der Waals surface area contributed by atoms with Crippen molar-refractivity contribution in [1.82, 2.24) is 4.90 Å². The van der Waals surface area contributed by atoms with E-state index in [-0.39, 0.29) is 23.5 Å². The molecule has 29 heavy (non-hydrogen) atoms. The van der Waals surface area contributed by atoms with Gasteiger partial charge < -0.3 is 24.2 Å². The number of ether oxygens (including phenoxy) is 3. The number of hydrogen-bond donors (Lipinski definition) is 1. The Labute approximate surface area is 170 Å². The van der Waals surface area contributed by atoms with E-state index >= 15 is 0 Å². The van der Waals surface area contributed by atoms with Crippen molar-refractivity contribution >= 4 is 22.8 Å². The van der Waals surface area contributed by atoms with Crippen LogP contribution in [0.25, 0.3) is 10.8 Å². The highest BCUT2D eigenvalue weighted by Gasteiger charge is 2.29. The molecule has 0 aromatic heterocycles. The van der Waals surface area contributed by atoms with Gasteiger partial charge in [-0.05, 0) is 57.2 Å². The Hall–Kier alpha value is -2.96. The van der Waals surface area contributed by atoms with Crippen molar-refractivity contribution in [1.29, 1.82) is 0 Å². The van der Waals surface area contributed by atoms with Gasteiger partial charge in [0.15, 0.2) is 0 Å². The Balaban J connectivity index is 1.80. The number of aromatic hydroxyl groups is 1. The van der Waals surface area contributed by atoms with Gasteiger partial charge in [-0.25, -0.2) is 9.59 Å². The van der Waals surface area contributed by atoms with Gasteiger partial charge in [-0.2, -0.15) is 0 Å². The first-order chi connectivity index (χ1) is 13.7. The highest BCUT2D eigenvalue weighted by molar-refractivity contribution is 6.00. The maximum absolute atomic E-state index is 12.4. The second-order valence-corrected chi connectivity index (χ2v) is 8.15. The fourth-order valence-electron chi connectivity index (χ4n) is 3.37. The number of methoxy groups -OCH3 is 1. The Morgan fingerprint density at radius 2 is 1.97 bits per heavy atom. The van der Waals surface area contributed by atoms with E-state index < -0.39 is 11.6 Å². The summed E-state index contributed by atoms with van der Waals surface area (Å²) in [5.41, 5.74) is -0.444. The summed E-state index contributed by atoms with van der Waals surface area (Å²) in [6.07, 6.45) is 1.09. The summed E-state index contributed by atoms with van der Waals surface area (Å²) in [7, 11) is 1.27. The lowest BCUT2D eigenvalue weighted by molar-refractivity contribution is 0.00793. The first kappa shape index (κ1) is 20.8. The lowest BCUT2D eigenvalue weighted by Gasteiger charge is -2.34. The van der Waals surface area contributed by atoms with E-state index in [9.17, 15) is 14.7 Å². The van der Waals surface area contributed by atoms with Gasteiger partial charge in [-0.15, -0.1) is 0 Å². The molecule has 2 aromatic carbocycles. The van der Waals surface area contributed by atoms with Crippen LogP contribution in [0.5, 0.6) is 11.5 Å². The summed E-state index contributed by atoms with van der Waals surface area (Å²) in [4.78, 5) is 25.8. The molecule has 7 heteroatoms. The first-order valence-electron chi connectivity index (χ1n) is 9.66. The van der Waals surface area contributed by atoms with E-state index in [1.54, 1.807) is 11.0 Å². The van der Waals surface area contributed by atoms with Crippen molar-refractivity contribution < 1.29 is 28.9 Å². The van der Waals surface area contributed by atoms with Crippen LogP contribution < -0.4 is 4.74 Å². The second kappa shape index (κ2) is 8.19. The van der Waals surface area contributed by atoms with Crippen LogP contribution in [0.15, 0.2) is 30.3 Å². The van der Waals surface area contributed by atoms with Crippen LogP contribution in [0.3, 0.4) is 0 Å². The quantitative estimate of drug-likeness (QED) is 0.779. The van der Waals surface area contributed by atoms with Gasteiger partial charge in [0.25, 0.3) is 0 Å². The minimum atomic E-state index is -0.601. The third-order valence-electron chi connectivity index (χ3n) is 4.69. The van der Waals surface area contributed by atoms with Crippen LogP contribution in [0.1, 0.15) is 44.0 Å². The average molecular weight is 401 g/mol. The van der Waals surface area contributed by atoms with Crippen LogP contribution in [-0.2, 0) is 9.47 Å². The van der Waals surface area contributed by atoms with Gasteiger partial charge in [-0.3, -0.25) is 0 Å². The highest BCUT2D eigenvalue weighted by atomic mass is 16.6. The molecule has 1 aliphatic rings. The predicted octanol–water partition coefficient (Wildman–Crippen LogP) is 4.11. The Morgan fingerprint density at radius 1 is 1.21 bits per heavy atom.